The normalized spacial score (nSPS) is 16.7. The second-order valence-electron chi connectivity index (χ2n) is 3.54. The Morgan fingerprint density at radius 2 is 2.27 bits per heavy atom. The van der Waals surface area contributed by atoms with Crippen LogP contribution in [-0.4, -0.2) is 47.1 Å². The van der Waals surface area contributed by atoms with Crippen LogP contribution >= 0.6 is 0 Å². The molecular formula is C9H14N4O2. The van der Waals surface area contributed by atoms with Gasteiger partial charge in [0, 0.05) is 26.2 Å². The predicted octanol–water partition coefficient (Wildman–Crippen LogP) is -0.648. The summed E-state index contributed by atoms with van der Waals surface area (Å²) >= 11 is 0. The Balaban J connectivity index is 1.91. The molecule has 6 nitrogen and oxygen atoms in total. The van der Waals surface area contributed by atoms with Crippen molar-refractivity contribution in [2.75, 3.05) is 26.2 Å². The number of nitrogens with zero attached hydrogens (tertiary/aromatic N) is 3. The van der Waals surface area contributed by atoms with Crippen LogP contribution in [0.3, 0.4) is 0 Å². The third-order valence-corrected chi connectivity index (χ3v) is 2.34. The van der Waals surface area contributed by atoms with E-state index in [1.807, 2.05) is 4.90 Å². The lowest BCUT2D eigenvalue weighted by Crippen LogP contribution is -2.46. The maximum Gasteiger partial charge on any atom is 0.236 e. The number of amides is 1. The van der Waals surface area contributed by atoms with Crippen molar-refractivity contribution >= 4 is 5.91 Å². The molecule has 1 aromatic heterocycles. The molecule has 1 aliphatic heterocycles. The SMILES string of the molecule is Cc1noc(CC(=O)N2CCNCC2)n1. The zero-order valence-electron chi connectivity index (χ0n) is 8.69. The van der Waals surface area contributed by atoms with Gasteiger partial charge in [0.1, 0.15) is 6.42 Å². The maximum absolute atomic E-state index is 11.7. The van der Waals surface area contributed by atoms with E-state index < -0.39 is 0 Å². The molecule has 6 heteroatoms. The Hall–Kier alpha value is -1.43. The van der Waals surface area contributed by atoms with Crippen molar-refractivity contribution < 1.29 is 9.32 Å². The molecule has 2 heterocycles. The molecule has 0 saturated carbocycles. The van der Waals surface area contributed by atoms with E-state index in [1.54, 1.807) is 6.92 Å². The number of aromatic nitrogens is 2. The topological polar surface area (TPSA) is 71.3 Å². The van der Waals surface area contributed by atoms with E-state index in [9.17, 15) is 4.79 Å². The minimum atomic E-state index is 0.0557. The molecule has 1 fully saturated rings. The first-order chi connectivity index (χ1) is 7.25. The molecule has 15 heavy (non-hydrogen) atoms. The zero-order chi connectivity index (χ0) is 10.7. The molecule has 1 N–H and O–H groups in total. The molecule has 0 bridgehead atoms. The number of carbonyl (C=O) groups excluding carboxylic acids is 1. The van der Waals surface area contributed by atoms with Crippen molar-refractivity contribution in [1.29, 1.82) is 0 Å². The van der Waals surface area contributed by atoms with E-state index in [4.69, 9.17) is 4.52 Å². The van der Waals surface area contributed by atoms with Gasteiger partial charge in [0.15, 0.2) is 5.82 Å². The highest BCUT2D eigenvalue weighted by molar-refractivity contribution is 5.77. The Bertz CT molecular complexity index is 344. The Labute approximate surface area is 87.6 Å². The molecule has 0 unspecified atom stereocenters. The smallest absolute Gasteiger partial charge is 0.236 e. The van der Waals surface area contributed by atoms with E-state index in [0.717, 1.165) is 26.2 Å². The summed E-state index contributed by atoms with van der Waals surface area (Å²) in [4.78, 5) is 17.6. The highest BCUT2D eigenvalue weighted by Gasteiger charge is 2.18. The molecule has 0 radical (unpaired) electrons. The van der Waals surface area contributed by atoms with Crippen LogP contribution < -0.4 is 5.32 Å². The number of rotatable bonds is 2. The molecule has 0 aromatic carbocycles. The summed E-state index contributed by atoms with van der Waals surface area (Å²) in [6, 6.07) is 0. The number of aryl methyl sites for hydroxylation is 1. The Kier molecular flexibility index (Phi) is 2.96. The number of carbonyl (C=O) groups is 1. The molecule has 0 spiro atoms. The second-order valence-corrected chi connectivity index (χ2v) is 3.54. The minimum absolute atomic E-state index is 0.0557. The summed E-state index contributed by atoms with van der Waals surface area (Å²) in [5.74, 6) is 1.02. The van der Waals surface area contributed by atoms with Crippen LogP contribution in [-0.2, 0) is 11.2 Å². The molecule has 0 aliphatic carbocycles. The van der Waals surface area contributed by atoms with Crippen LogP contribution in [0.5, 0.6) is 0 Å². The van der Waals surface area contributed by atoms with Gasteiger partial charge in [0.2, 0.25) is 11.8 Å². The average molecular weight is 210 g/mol. The first-order valence-corrected chi connectivity index (χ1v) is 5.03. The fraction of sp³-hybridized carbons (Fsp3) is 0.667. The van der Waals surface area contributed by atoms with E-state index in [-0.39, 0.29) is 12.3 Å². The summed E-state index contributed by atoms with van der Waals surface area (Å²) in [5.41, 5.74) is 0. The van der Waals surface area contributed by atoms with Gasteiger partial charge in [0.25, 0.3) is 0 Å². The molecule has 1 amide bonds. The summed E-state index contributed by atoms with van der Waals surface area (Å²) in [7, 11) is 0. The average Bonchev–Trinajstić information content (AvgIpc) is 2.65. The first kappa shape index (κ1) is 10.1. The van der Waals surface area contributed by atoms with Crippen LogP contribution in [0.25, 0.3) is 0 Å². The van der Waals surface area contributed by atoms with Crippen LogP contribution in [0.1, 0.15) is 11.7 Å². The molecule has 1 aromatic rings. The quantitative estimate of drug-likeness (QED) is 0.702. The number of hydrogen-bond donors (Lipinski definition) is 1. The van der Waals surface area contributed by atoms with Crippen molar-refractivity contribution in [3.8, 4) is 0 Å². The third-order valence-electron chi connectivity index (χ3n) is 2.34. The van der Waals surface area contributed by atoms with Crippen molar-refractivity contribution in [1.82, 2.24) is 20.4 Å². The van der Waals surface area contributed by atoms with Gasteiger partial charge in [-0.1, -0.05) is 5.16 Å². The Morgan fingerprint density at radius 3 is 2.87 bits per heavy atom. The number of piperazine rings is 1. The van der Waals surface area contributed by atoms with E-state index in [0.29, 0.717) is 11.7 Å². The lowest BCUT2D eigenvalue weighted by atomic mass is 10.3. The number of hydrogen-bond acceptors (Lipinski definition) is 5. The summed E-state index contributed by atoms with van der Waals surface area (Å²) < 4.78 is 4.90. The zero-order valence-corrected chi connectivity index (χ0v) is 8.69. The lowest BCUT2D eigenvalue weighted by molar-refractivity contribution is -0.131. The minimum Gasteiger partial charge on any atom is -0.340 e. The van der Waals surface area contributed by atoms with Gasteiger partial charge in [-0.2, -0.15) is 4.98 Å². The van der Waals surface area contributed by atoms with Crippen molar-refractivity contribution in [2.24, 2.45) is 0 Å². The molecule has 0 atom stereocenters. The summed E-state index contributed by atoms with van der Waals surface area (Å²) in [6.45, 7) is 4.96. The van der Waals surface area contributed by atoms with Crippen LogP contribution in [0.2, 0.25) is 0 Å². The first-order valence-electron chi connectivity index (χ1n) is 5.03. The van der Waals surface area contributed by atoms with Gasteiger partial charge < -0.3 is 14.7 Å². The molecule has 1 saturated heterocycles. The van der Waals surface area contributed by atoms with Gasteiger partial charge in [-0.05, 0) is 6.92 Å². The van der Waals surface area contributed by atoms with E-state index >= 15 is 0 Å². The van der Waals surface area contributed by atoms with Crippen molar-refractivity contribution in [3.63, 3.8) is 0 Å². The van der Waals surface area contributed by atoms with Crippen molar-refractivity contribution in [2.45, 2.75) is 13.3 Å². The molecule has 82 valence electrons. The lowest BCUT2D eigenvalue weighted by Gasteiger charge is -2.26. The maximum atomic E-state index is 11.7. The molecular weight excluding hydrogens is 196 g/mol. The monoisotopic (exact) mass is 210 g/mol. The van der Waals surface area contributed by atoms with Crippen LogP contribution in [0.15, 0.2) is 4.52 Å². The van der Waals surface area contributed by atoms with Crippen molar-refractivity contribution in [3.05, 3.63) is 11.7 Å². The van der Waals surface area contributed by atoms with Crippen LogP contribution in [0.4, 0.5) is 0 Å². The van der Waals surface area contributed by atoms with E-state index in [1.165, 1.54) is 0 Å². The van der Waals surface area contributed by atoms with E-state index in [2.05, 4.69) is 15.5 Å². The van der Waals surface area contributed by atoms with Gasteiger partial charge in [-0.25, -0.2) is 0 Å². The standard InChI is InChI=1S/C9H14N4O2/c1-7-11-8(15-12-7)6-9(14)13-4-2-10-3-5-13/h10H,2-6H2,1H3. The highest BCUT2D eigenvalue weighted by Crippen LogP contribution is 2.01. The number of nitrogens with one attached hydrogen (secondary N) is 1. The predicted molar refractivity (Wildman–Crippen MR) is 52.2 cm³/mol. The fourth-order valence-electron chi connectivity index (χ4n) is 1.57. The van der Waals surface area contributed by atoms with Gasteiger partial charge >= 0.3 is 0 Å². The van der Waals surface area contributed by atoms with Gasteiger partial charge in [0.05, 0.1) is 0 Å². The second kappa shape index (κ2) is 4.39. The Morgan fingerprint density at radius 1 is 1.53 bits per heavy atom. The largest absolute Gasteiger partial charge is 0.340 e. The van der Waals surface area contributed by atoms with Crippen LogP contribution in [0, 0.1) is 6.92 Å². The highest BCUT2D eigenvalue weighted by atomic mass is 16.5. The summed E-state index contributed by atoms with van der Waals surface area (Å²) in [6.07, 6.45) is 0.209. The van der Waals surface area contributed by atoms with Gasteiger partial charge in [-0.15, -0.1) is 0 Å². The summed E-state index contributed by atoms with van der Waals surface area (Å²) in [5, 5.41) is 6.84. The fourth-order valence-corrected chi connectivity index (χ4v) is 1.57. The van der Waals surface area contributed by atoms with Gasteiger partial charge in [-0.3, -0.25) is 4.79 Å². The molecule has 2 rings (SSSR count). The third kappa shape index (κ3) is 2.53. The molecule has 1 aliphatic rings.